The van der Waals surface area contributed by atoms with Crippen molar-refractivity contribution in [3.05, 3.63) is 27.9 Å². The van der Waals surface area contributed by atoms with Gasteiger partial charge in [0.25, 0.3) is 5.56 Å². The van der Waals surface area contributed by atoms with Gasteiger partial charge in [-0.2, -0.15) is 0 Å². The fraction of sp³-hybridized carbons (Fsp3) is 0.733. The van der Waals surface area contributed by atoms with Crippen molar-refractivity contribution >= 4 is 0 Å². The van der Waals surface area contributed by atoms with Crippen LogP contribution in [0, 0.1) is 12.3 Å². The van der Waals surface area contributed by atoms with E-state index in [0.29, 0.717) is 0 Å². The van der Waals surface area contributed by atoms with Crippen molar-refractivity contribution in [3.8, 4) is 0 Å². The molecule has 1 aliphatic heterocycles. The quantitative estimate of drug-likeness (QED) is 0.898. The van der Waals surface area contributed by atoms with Crippen LogP contribution >= 0.6 is 0 Å². The molecule has 0 bridgehead atoms. The van der Waals surface area contributed by atoms with Gasteiger partial charge in [0.05, 0.1) is 18.8 Å². The summed E-state index contributed by atoms with van der Waals surface area (Å²) in [7, 11) is 0. The molecule has 2 atom stereocenters. The van der Waals surface area contributed by atoms with E-state index in [9.17, 15) is 4.79 Å². The number of morpholine rings is 1. The van der Waals surface area contributed by atoms with E-state index in [1.807, 2.05) is 6.92 Å². The zero-order valence-corrected chi connectivity index (χ0v) is 13.1. The number of rotatable bonds is 2. The van der Waals surface area contributed by atoms with E-state index in [1.165, 1.54) is 6.07 Å². The molecule has 1 N–H and O–H groups in total. The van der Waals surface area contributed by atoms with Gasteiger partial charge in [-0.1, -0.05) is 20.8 Å². The minimum atomic E-state index is -0.0834. The van der Waals surface area contributed by atoms with Gasteiger partial charge in [-0.3, -0.25) is 9.69 Å². The number of ether oxygens (including phenoxy) is 1. The van der Waals surface area contributed by atoms with Gasteiger partial charge in [0.1, 0.15) is 5.82 Å². The molecule has 0 saturated carbocycles. The van der Waals surface area contributed by atoms with E-state index in [2.05, 4.69) is 42.6 Å². The molecule has 112 valence electrons. The summed E-state index contributed by atoms with van der Waals surface area (Å²) in [6.07, 6.45) is 0.204. The highest BCUT2D eigenvalue weighted by Gasteiger charge is 2.33. The Morgan fingerprint density at radius 2 is 2.20 bits per heavy atom. The molecule has 2 heterocycles. The molecular formula is C15H25N3O2. The first-order valence-electron chi connectivity index (χ1n) is 7.21. The van der Waals surface area contributed by atoms with Crippen LogP contribution in [0.15, 0.2) is 10.9 Å². The second-order valence-electron chi connectivity index (χ2n) is 6.67. The Bertz CT molecular complexity index is 519. The third-order valence-electron chi connectivity index (χ3n) is 3.90. The molecule has 0 radical (unpaired) electrons. The average Bonchev–Trinajstić information content (AvgIpc) is 2.36. The Morgan fingerprint density at radius 1 is 1.50 bits per heavy atom. The molecule has 5 heteroatoms. The highest BCUT2D eigenvalue weighted by atomic mass is 16.5. The SMILES string of the molecule is Cc1cc(=O)[nH]c([C@@H](C)N2CCO[C@@H](C(C)(C)C)C2)n1. The van der Waals surface area contributed by atoms with Crippen LogP contribution in [-0.4, -0.2) is 40.7 Å². The molecule has 1 fully saturated rings. The predicted molar refractivity (Wildman–Crippen MR) is 78.8 cm³/mol. The topological polar surface area (TPSA) is 58.2 Å². The molecule has 1 aromatic heterocycles. The number of aromatic amines is 1. The lowest BCUT2D eigenvalue weighted by molar-refractivity contribution is -0.0895. The van der Waals surface area contributed by atoms with Crippen molar-refractivity contribution in [2.45, 2.75) is 46.8 Å². The van der Waals surface area contributed by atoms with Crippen molar-refractivity contribution in [2.75, 3.05) is 19.7 Å². The van der Waals surface area contributed by atoms with E-state index in [4.69, 9.17) is 4.74 Å². The lowest BCUT2D eigenvalue weighted by Gasteiger charge is -2.41. The van der Waals surface area contributed by atoms with Crippen molar-refractivity contribution < 1.29 is 4.74 Å². The lowest BCUT2D eigenvalue weighted by atomic mass is 9.88. The molecule has 2 rings (SSSR count). The zero-order chi connectivity index (χ0) is 14.9. The number of H-pyrrole nitrogens is 1. The van der Waals surface area contributed by atoms with E-state index >= 15 is 0 Å². The van der Waals surface area contributed by atoms with Gasteiger partial charge in [0.2, 0.25) is 0 Å². The molecular weight excluding hydrogens is 254 g/mol. The molecule has 1 aliphatic rings. The van der Waals surface area contributed by atoms with Crippen LogP contribution in [0.5, 0.6) is 0 Å². The second kappa shape index (κ2) is 5.66. The van der Waals surface area contributed by atoms with Crippen molar-refractivity contribution in [1.82, 2.24) is 14.9 Å². The van der Waals surface area contributed by atoms with Crippen molar-refractivity contribution in [2.24, 2.45) is 5.41 Å². The summed E-state index contributed by atoms with van der Waals surface area (Å²) in [5, 5.41) is 0. The zero-order valence-electron chi connectivity index (χ0n) is 13.1. The number of aromatic nitrogens is 2. The van der Waals surface area contributed by atoms with E-state index in [-0.39, 0.29) is 23.1 Å². The van der Waals surface area contributed by atoms with Crippen LogP contribution < -0.4 is 5.56 Å². The standard InChI is InChI=1S/C15H25N3O2/c1-10-8-13(19)17-14(16-10)11(2)18-6-7-20-12(9-18)15(3,4)5/h8,11-12H,6-7,9H2,1-5H3,(H,16,17,19)/t11-,12-/m1/s1. The summed E-state index contributed by atoms with van der Waals surface area (Å²) in [6.45, 7) is 13.0. The molecule has 0 amide bonds. The molecule has 20 heavy (non-hydrogen) atoms. The first kappa shape index (κ1) is 15.2. The van der Waals surface area contributed by atoms with Crippen LogP contribution in [0.4, 0.5) is 0 Å². The van der Waals surface area contributed by atoms with Gasteiger partial charge in [0.15, 0.2) is 0 Å². The minimum absolute atomic E-state index is 0.0834. The van der Waals surface area contributed by atoms with E-state index < -0.39 is 0 Å². The summed E-state index contributed by atoms with van der Waals surface area (Å²) in [5.41, 5.74) is 0.794. The Hall–Kier alpha value is -1.20. The Balaban J connectivity index is 2.16. The molecule has 5 nitrogen and oxygen atoms in total. The predicted octanol–water partition coefficient (Wildman–Crippen LogP) is 1.89. The smallest absolute Gasteiger partial charge is 0.251 e. The molecule has 0 aliphatic carbocycles. The number of nitrogens with zero attached hydrogens (tertiary/aromatic N) is 2. The fourth-order valence-corrected chi connectivity index (χ4v) is 2.52. The van der Waals surface area contributed by atoms with Crippen LogP contribution in [-0.2, 0) is 4.74 Å². The molecule has 1 saturated heterocycles. The maximum Gasteiger partial charge on any atom is 0.251 e. The molecule has 0 unspecified atom stereocenters. The summed E-state index contributed by atoms with van der Waals surface area (Å²) in [4.78, 5) is 21.2. The summed E-state index contributed by atoms with van der Waals surface area (Å²) in [6, 6.07) is 1.62. The summed E-state index contributed by atoms with van der Waals surface area (Å²) < 4.78 is 5.87. The Morgan fingerprint density at radius 3 is 2.80 bits per heavy atom. The summed E-state index contributed by atoms with van der Waals surface area (Å²) in [5.74, 6) is 0.740. The average molecular weight is 279 g/mol. The second-order valence-corrected chi connectivity index (χ2v) is 6.67. The number of hydrogen-bond acceptors (Lipinski definition) is 4. The monoisotopic (exact) mass is 279 g/mol. The van der Waals surface area contributed by atoms with Gasteiger partial charge in [-0.05, 0) is 19.3 Å². The first-order chi connectivity index (χ1) is 9.27. The fourth-order valence-electron chi connectivity index (χ4n) is 2.52. The van der Waals surface area contributed by atoms with Crippen LogP contribution in [0.1, 0.15) is 45.3 Å². The maximum absolute atomic E-state index is 11.6. The van der Waals surface area contributed by atoms with Gasteiger partial charge in [-0.15, -0.1) is 0 Å². The highest BCUT2D eigenvalue weighted by molar-refractivity contribution is 5.04. The largest absolute Gasteiger partial charge is 0.375 e. The van der Waals surface area contributed by atoms with E-state index in [1.54, 1.807) is 0 Å². The number of nitrogens with one attached hydrogen (secondary N) is 1. The first-order valence-corrected chi connectivity index (χ1v) is 7.21. The van der Waals surface area contributed by atoms with Crippen LogP contribution in [0.25, 0.3) is 0 Å². The Kier molecular flexibility index (Phi) is 4.30. The van der Waals surface area contributed by atoms with Gasteiger partial charge in [0, 0.05) is 24.8 Å². The number of aryl methyl sites for hydroxylation is 1. The van der Waals surface area contributed by atoms with Gasteiger partial charge in [-0.25, -0.2) is 4.98 Å². The normalized spacial score (nSPS) is 22.8. The Labute approximate surface area is 120 Å². The maximum atomic E-state index is 11.6. The van der Waals surface area contributed by atoms with Crippen LogP contribution in [0.3, 0.4) is 0 Å². The highest BCUT2D eigenvalue weighted by Crippen LogP contribution is 2.28. The van der Waals surface area contributed by atoms with Crippen LogP contribution in [0.2, 0.25) is 0 Å². The van der Waals surface area contributed by atoms with E-state index in [0.717, 1.165) is 31.2 Å². The molecule has 1 aromatic rings. The van der Waals surface area contributed by atoms with Crippen molar-refractivity contribution in [1.29, 1.82) is 0 Å². The van der Waals surface area contributed by atoms with Gasteiger partial charge < -0.3 is 9.72 Å². The van der Waals surface area contributed by atoms with Crippen molar-refractivity contribution in [3.63, 3.8) is 0 Å². The third-order valence-corrected chi connectivity index (χ3v) is 3.90. The van der Waals surface area contributed by atoms with Gasteiger partial charge >= 0.3 is 0 Å². The third kappa shape index (κ3) is 3.46. The summed E-state index contributed by atoms with van der Waals surface area (Å²) >= 11 is 0. The lowest BCUT2D eigenvalue weighted by Crippen LogP contribution is -2.49. The minimum Gasteiger partial charge on any atom is -0.375 e. The molecule has 0 spiro atoms. The molecule has 0 aromatic carbocycles. The number of hydrogen-bond donors (Lipinski definition) is 1.